The number of non-ortho nitro benzene ring substituents is 1. The molecule has 0 unspecified atom stereocenters. The van der Waals surface area contributed by atoms with Crippen LogP contribution in [-0.4, -0.2) is 24.4 Å². The molecule has 2 aromatic rings. The van der Waals surface area contributed by atoms with Crippen molar-refractivity contribution in [3.63, 3.8) is 0 Å². The Bertz CT molecular complexity index is 734. The molecule has 0 amide bonds. The molecule has 0 heterocycles. The fraction of sp³-hybridized carbons (Fsp3) is 0.188. The number of Topliss-reactive ketones (excluding diaryl/α,β-unsaturated/α-hetero) is 1. The van der Waals surface area contributed by atoms with Gasteiger partial charge in [-0.05, 0) is 18.2 Å². The van der Waals surface area contributed by atoms with E-state index >= 15 is 0 Å². The first-order chi connectivity index (χ1) is 11.0. The zero-order valence-electron chi connectivity index (χ0n) is 12.4. The van der Waals surface area contributed by atoms with E-state index in [4.69, 9.17) is 16.3 Å². The van der Waals surface area contributed by atoms with Crippen molar-refractivity contribution in [2.45, 2.75) is 6.42 Å². The van der Waals surface area contributed by atoms with Crippen LogP contribution in [0.5, 0.6) is 5.75 Å². The summed E-state index contributed by atoms with van der Waals surface area (Å²) in [5.41, 5.74) is 0.909. The lowest BCUT2D eigenvalue weighted by Crippen LogP contribution is -2.09. The van der Waals surface area contributed by atoms with Gasteiger partial charge in [-0.2, -0.15) is 0 Å². The predicted molar refractivity (Wildman–Crippen MR) is 88.5 cm³/mol. The Kier molecular flexibility index (Phi) is 5.54. The lowest BCUT2D eigenvalue weighted by Gasteiger charge is -2.11. The predicted octanol–water partition coefficient (Wildman–Crippen LogP) is 3.94. The van der Waals surface area contributed by atoms with Gasteiger partial charge in [-0.1, -0.05) is 23.7 Å². The zero-order valence-corrected chi connectivity index (χ0v) is 13.2. The Morgan fingerprint density at radius 2 is 2.09 bits per heavy atom. The van der Waals surface area contributed by atoms with Crippen LogP contribution in [-0.2, 0) is 0 Å². The summed E-state index contributed by atoms with van der Waals surface area (Å²) >= 11 is 5.93. The van der Waals surface area contributed by atoms with Crippen LogP contribution in [0.3, 0.4) is 0 Å². The van der Waals surface area contributed by atoms with E-state index in [1.54, 1.807) is 31.4 Å². The minimum absolute atomic E-state index is 0.0969. The quantitative estimate of drug-likeness (QED) is 0.471. The van der Waals surface area contributed by atoms with Crippen molar-refractivity contribution >= 4 is 28.8 Å². The average molecular weight is 335 g/mol. The first-order valence-electron chi connectivity index (χ1n) is 6.86. The van der Waals surface area contributed by atoms with Gasteiger partial charge < -0.3 is 10.1 Å². The second-order valence-corrected chi connectivity index (χ2v) is 5.19. The number of carbonyl (C=O) groups excluding carboxylic acids is 1. The monoisotopic (exact) mass is 334 g/mol. The summed E-state index contributed by atoms with van der Waals surface area (Å²) in [6.45, 7) is 0.359. The van der Waals surface area contributed by atoms with Crippen LogP contribution in [0.2, 0.25) is 5.02 Å². The summed E-state index contributed by atoms with van der Waals surface area (Å²) < 4.78 is 5.20. The van der Waals surface area contributed by atoms with Crippen LogP contribution in [0.4, 0.5) is 11.4 Å². The van der Waals surface area contributed by atoms with Gasteiger partial charge in [-0.15, -0.1) is 0 Å². The summed E-state index contributed by atoms with van der Waals surface area (Å²) in [7, 11) is 1.54. The third-order valence-corrected chi connectivity index (χ3v) is 3.44. The third-order valence-electron chi connectivity index (χ3n) is 3.21. The Balaban J connectivity index is 1.99. The number of nitrogens with zero attached hydrogens (tertiary/aromatic N) is 1. The number of anilines is 1. The van der Waals surface area contributed by atoms with Gasteiger partial charge in [-0.3, -0.25) is 14.9 Å². The molecule has 0 fully saturated rings. The second kappa shape index (κ2) is 7.60. The number of halogens is 1. The van der Waals surface area contributed by atoms with Crippen LogP contribution >= 0.6 is 11.6 Å². The first-order valence-corrected chi connectivity index (χ1v) is 7.24. The second-order valence-electron chi connectivity index (χ2n) is 4.75. The number of hydrogen-bond acceptors (Lipinski definition) is 5. The molecule has 23 heavy (non-hydrogen) atoms. The number of benzene rings is 2. The fourth-order valence-electron chi connectivity index (χ4n) is 2.07. The maximum Gasteiger partial charge on any atom is 0.270 e. The highest BCUT2D eigenvalue weighted by Gasteiger charge is 2.11. The molecule has 0 aromatic heterocycles. The van der Waals surface area contributed by atoms with Gasteiger partial charge in [0.2, 0.25) is 0 Å². The van der Waals surface area contributed by atoms with E-state index in [1.165, 1.54) is 18.2 Å². The normalized spacial score (nSPS) is 10.2. The largest absolute Gasteiger partial charge is 0.495 e. The molecular weight excluding hydrogens is 320 g/mol. The molecule has 1 N–H and O–H groups in total. The van der Waals surface area contributed by atoms with Gasteiger partial charge in [-0.25, -0.2) is 0 Å². The molecule has 0 saturated heterocycles. The molecule has 2 aromatic carbocycles. The molecule has 0 bridgehead atoms. The van der Waals surface area contributed by atoms with Crippen LogP contribution in [0.1, 0.15) is 16.8 Å². The molecule has 0 aliphatic carbocycles. The highest BCUT2D eigenvalue weighted by atomic mass is 35.5. The summed E-state index contributed by atoms with van der Waals surface area (Å²) in [6.07, 6.45) is 0.191. The molecule has 6 nitrogen and oxygen atoms in total. The SMILES string of the molecule is COc1ccc(Cl)cc1NCCC(=O)c1cccc([N+](=O)[O-])c1. The van der Waals surface area contributed by atoms with E-state index in [-0.39, 0.29) is 17.9 Å². The molecule has 120 valence electrons. The molecule has 0 spiro atoms. The molecule has 0 radical (unpaired) electrons. The molecular formula is C16H15ClN2O4. The molecule has 7 heteroatoms. The number of rotatable bonds is 7. The molecule has 0 saturated carbocycles. The van der Waals surface area contributed by atoms with Gasteiger partial charge in [0.05, 0.1) is 17.7 Å². The van der Waals surface area contributed by atoms with Crippen molar-refractivity contribution in [1.29, 1.82) is 0 Å². The van der Waals surface area contributed by atoms with Crippen molar-refractivity contribution in [1.82, 2.24) is 0 Å². The Labute approximate surface area is 138 Å². The number of nitro groups is 1. The highest BCUT2D eigenvalue weighted by molar-refractivity contribution is 6.30. The van der Waals surface area contributed by atoms with Crippen molar-refractivity contribution in [2.75, 3.05) is 19.0 Å². The minimum Gasteiger partial charge on any atom is -0.495 e. The van der Waals surface area contributed by atoms with Crippen LogP contribution in [0.15, 0.2) is 42.5 Å². The topological polar surface area (TPSA) is 81.5 Å². The van der Waals surface area contributed by atoms with E-state index in [9.17, 15) is 14.9 Å². The Hall–Kier alpha value is -2.60. The van der Waals surface area contributed by atoms with Crippen molar-refractivity contribution in [3.8, 4) is 5.75 Å². The first kappa shape index (κ1) is 16.8. The number of nitrogens with one attached hydrogen (secondary N) is 1. The molecule has 0 aliphatic heterocycles. The van der Waals surface area contributed by atoms with Gasteiger partial charge in [0.1, 0.15) is 5.75 Å². The van der Waals surface area contributed by atoms with E-state index in [0.29, 0.717) is 28.6 Å². The van der Waals surface area contributed by atoms with Crippen molar-refractivity contribution in [3.05, 3.63) is 63.2 Å². The van der Waals surface area contributed by atoms with E-state index in [1.807, 2.05) is 0 Å². The Morgan fingerprint density at radius 3 is 2.78 bits per heavy atom. The Morgan fingerprint density at radius 1 is 1.30 bits per heavy atom. The van der Waals surface area contributed by atoms with Crippen LogP contribution < -0.4 is 10.1 Å². The van der Waals surface area contributed by atoms with E-state index in [2.05, 4.69) is 5.32 Å². The van der Waals surface area contributed by atoms with Gasteiger partial charge in [0.25, 0.3) is 5.69 Å². The summed E-state index contributed by atoms with van der Waals surface area (Å²) in [5, 5.41) is 14.4. The smallest absolute Gasteiger partial charge is 0.270 e. The van der Waals surface area contributed by atoms with Crippen LogP contribution in [0.25, 0.3) is 0 Å². The number of carbonyl (C=O) groups is 1. The molecule has 0 atom stereocenters. The van der Waals surface area contributed by atoms with E-state index < -0.39 is 4.92 Å². The lowest BCUT2D eigenvalue weighted by atomic mass is 10.1. The molecule has 0 aliphatic rings. The van der Waals surface area contributed by atoms with Gasteiger partial charge >= 0.3 is 0 Å². The molecule has 2 rings (SSSR count). The van der Waals surface area contributed by atoms with Gasteiger partial charge in [0.15, 0.2) is 5.78 Å². The van der Waals surface area contributed by atoms with Crippen molar-refractivity contribution in [2.24, 2.45) is 0 Å². The number of hydrogen-bond donors (Lipinski definition) is 1. The summed E-state index contributed by atoms with van der Waals surface area (Å²) in [6, 6.07) is 10.8. The number of ether oxygens (including phenoxy) is 1. The van der Waals surface area contributed by atoms with Gasteiger partial charge in [0, 0.05) is 35.7 Å². The van der Waals surface area contributed by atoms with E-state index in [0.717, 1.165) is 0 Å². The standard InChI is InChI=1S/C16H15ClN2O4/c1-23-16-6-5-12(17)10-14(16)18-8-7-15(20)11-3-2-4-13(9-11)19(21)22/h2-6,9-10,18H,7-8H2,1H3. The minimum atomic E-state index is -0.522. The number of methoxy groups -OCH3 is 1. The maximum atomic E-state index is 12.1. The summed E-state index contributed by atoms with van der Waals surface area (Å²) in [5.74, 6) is 0.444. The van der Waals surface area contributed by atoms with Crippen LogP contribution in [0, 0.1) is 10.1 Å². The third kappa shape index (κ3) is 4.43. The van der Waals surface area contributed by atoms with Crippen molar-refractivity contribution < 1.29 is 14.5 Å². The summed E-state index contributed by atoms with van der Waals surface area (Å²) in [4.78, 5) is 22.3. The zero-order chi connectivity index (χ0) is 16.8. The fourth-order valence-corrected chi connectivity index (χ4v) is 2.24. The average Bonchev–Trinajstić information content (AvgIpc) is 2.55. The highest BCUT2D eigenvalue weighted by Crippen LogP contribution is 2.27. The maximum absolute atomic E-state index is 12.1. The lowest BCUT2D eigenvalue weighted by molar-refractivity contribution is -0.384. The number of nitro benzene ring substituents is 1. The number of ketones is 1.